The predicted octanol–water partition coefficient (Wildman–Crippen LogP) is 2.40. The van der Waals surface area contributed by atoms with E-state index < -0.39 is 0 Å². The molecule has 0 bridgehead atoms. The third-order valence-corrected chi connectivity index (χ3v) is 5.31. The van der Waals surface area contributed by atoms with Gasteiger partial charge in [-0.25, -0.2) is 4.98 Å². The Kier molecular flexibility index (Phi) is 3.19. The van der Waals surface area contributed by atoms with Gasteiger partial charge in [0.1, 0.15) is 12.4 Å². The molecular formula is C14H19N3OS. The summed E-state index contributed by atoms with van der Waals surface area (Å²) in [5.41, 5.74) is 8.44. The molecule has 2 aromatic rings. The highest BCUT2D eigenvalue weighted by Crippen LogP contribution is 2.40. The molecule has 1 aliphatic rings. The monoisotopic (exact) mass is 277 g/mol. The van der Waals surface area contributed by atoms with E-state index in [0.717, 1.165) is 23.4 Å². The van der Waals surface area contributed by atoms with Crippen LogP contribution in [0.2, 0.25) is 0 Å². The Morgan fingerprint density at radius 3 is 3.05 bits per heavy atom. The lowest BCUT2D eigenvalue weighted by Gasteiger charge is -2.24. The van der Waals surface area contributed by atoms with Crippen molar-refractivity contribution in [1.82, 2.24) is 9.55 Å². The van der Waals surface area contributed by atoms with E-state index in [4.69, 9.17) is 5.73 Å². The van der Waals surface area contributed by atoms with Gasteiger partial charge < -0.3 is 15.4 Å². The second-order valence-electron chi connectivity index (χ2n) is 5.42. The first-order chi connectivity index (χ1) is 9.11. The predicted molar refractivity (Wildman–Crippen MR) is 80.2 cm³/mol. The molecule has 1 aliphatic heterocycles. The zero-order valence-corrected chi connectivity index (χ0v) is 11.9. The fraction of sp³-hybridized carbons (Fsp3) is 0.500. The van der Waals surface area contributed by atoms with Crippen LogP contribution in [-0.4, -0.2) is 25.2 Å². The molecule has 1 unspecified atom stereocenters. The highest BCUT2D eigenvalue weighted by atomic mass is 32.2. The summed E-state index contributed by atoms with van der Waals surface area (Å²) in [6, 6.07) is 5.76. The Morgan fingerprint density at radius 1 is 1.53 bits per heavy atom. The fourth-order valence-electron chi connectivity index (χ4n) is 2.79. The summed E-state index contributed by atoms with van der Waals surface area (Å²) in [5.74, 6) is 1.96. The van der Waals surface area contributed by atoms with Crippen LogP contribution in [0.5, 0.6) is 0 Å². The molecule has 5 heteroatoms. The van der Waals surface area contributed by atoms with Crippen molar-refractivity contribution in [3.05, 3.63) is 24.0 Å². The number of benzene rings is 1. The summed E-state index contributed by atoms with van der Waals surface area (Å²) in [6.07, 6.45) is 2.49. The number of aliphatic hydroxyl groups excluding tert-OH is 1. The number of fused-ring (bicyclic) bond motifs is 1. The van der Waals surface area contributed by atoms with Gasteiger partial charge in [0.15, 0.2) is 0 Å². The van der Waals surface area contributed by atoms with E-state index in [0.29, 0.717) is 5.69 Å². The van der Waals surface area contributed by atoms with Gasteiger partial charge in [-0.15, -0.1) is 0 Å². The molecule has 4 nitrogen and oxygen atoms in total. The standard InChI is InChI=1S/C14H19N3OS/c1-14(5-2-6-19-14)9-17-12-4-3-10(15)7-11(12)16-13(17)8-18/h3-4,7,18H,2,5-6,8-9,15H2,1H3. The van der Waals surface area contributed by atoms with Crippen molar-refractivity contribution in [3.8, 4) is 0 Å². The lowest BCUT2D eigenvalue weighted by molar-refractivity contribution is 0.264. The molecule has 1 aromatic heterocycles. The van der Waals surface area contributed by atoms with Crippen LogP contribution >= 0.6 is 11.8 Å². The molecular weight excluding hydrogens is 258 g/mol. The molecule has 1 aromatic carbocycles. The van der Waals surface area contributed by atoms with Gasteiger partial charge in [0, 0.05) is 17.0 Å². The number of anilines is 1. The lowest BCUT2D eigenvalue weighted by Crippen LogP contribution is -2.24. The SMILES string of the molecule is CC1(Cn2c(CO)nc3cc(N)ccc32)CCCS1. The lowest BCUT2D eigenvalue weighted by atomic mass is 10.1. The Balaban J connectivity index is 2.05. The third-order valence-electron chi connectivity index (χ3n) is 3.79. The summed E-state index contributed by atoms with van der Waals surface area (Å²) in [5, 5.41) is 9.53. The summed E-state index contributed by atoms with van der Waals surface area (Å²) >= 11 is 2.02. The number of hydrogen-bond acceptors (Lipinski definition) is 4. The van der Waals surface area contributed by atoms with Gasteiger partial charge in [-0.1, -0.05) is 0 Å². The molecule has 1 atom stereocenters. The first-order valence-corrected chi connectivity index (χ1v) is 7.59. The second kappa shape index (κ2) is 4.72. The van der Waals surface area contributed by atoms with Crippen molar-refractivity contribution in [3.63, 3.8) is 0 Å². The van der Waals surface area contributed by atoms with Crippen molar-refractivity contribution in [1.29, 1.82) is 0 Å². The number of imidazole rings is 1. The van der Waals surface area contributed by atoms with Crippen LogP contribution in [0, 0.1) is 0 Å². The summed E-state index contributed by atoms with van der Waals surface area (Å²) in [7, 11) is 0. The van der Waals surface area contributed by atoms with Crippen LogP contribution in [-0.2, 0) is 13.2 Å². The van der Waals surface area contributed by atoms with Crippen molar-refractivity contribution >= 4 is 28.5 Å². The molecule has 0 amide bonds. The number of rotatable bonds is 3. The molecule has 19 heavy (non-hydrogen) atoms. The van der Waals surface area contributed by atoms with E-state index in [2.05, 4.69) is 16.5 Å². The normalized spacial score (nSPS) is 23.3. The Hall–Kier alpha value is -1.20. The topological polar surface area (TPSA) is 64.1 Å². The third kappa shape index (κ3) is 2.32. The summed E-state index contributed by atoms with van der Waals surface area (Å²) in [4.78, 5) is 4.49. The zero-order valence-electron chi connectivity index (χ0n) is 11.1. The Bertz CT molecular complexity index is 602. The van der Waals surface area contributed by atoms with Crippen LogP contribution in [0.4, 0.5) is 5.69 Å². The van der Waals surface area contributed by atoms with Gasteiger partial charge in [0.05, 0.1) is 11.0 Å². The summed E-state index contributed by atoms with van der Waals surface area (Å²) in [6.45, 7) is 3.16. The van der Waals surface area contributed by atoms with Gasteiger partial charge in [-0.3, -0.25) is 0 Å². The van der Waals surface area contributed by atoms with Crippen LogP contribution in [0.15, 0.2) is 18.2 Å². The highest BCUT2D eigenvalue weighted by molar-refractivity contribution is 8.00. The second-order valence-corrected chi connectivity index (χ2v) is 7.10. The maximum absolute atomic E-state index is 9.53. The number of nitrogen functional groups attached to an aromatic ring is 1. The average Bonchev–Trinajstić information content (AvgIpc) is 2.94. The first kappa shape index (κ1) is 12.8. The minimum Gasteiger partial charge on any atom is -0.399 e. The zero-order chi connectivity index (χ0) is 13.5. The van der Waals surface area contributed by atoms with E-state index in [1.807, 2.05) is 30.0 Å². The number of thioether (sulfide) groups is 1. The number of aromatic nitrogens is 2. The largest absolute Gasteiger partial charge is 0.399 e. The van der Waals surface area contributed by atoms with Gasteiger partial charge in [-0.2, -0.15) is 11.8 Å². The number of nitrogens with zero attached hydrogens (tertiary/aromatic N) is 2. The minimum atomic E-state index is -0.0324. The van der Waals surface area contributed by atoms with Crippen LogP contribution in [0.25, 0.3) is 11.0 Å². The van der Waals surface area contributed by atoms with Crippen molar-refractivity contribution < 1.29 is 5.11 Å². The smallest absolute Gasteiger partial charge is 0.135 e. The molecule has 102 valence electrons. The maximum Gasteiger partial charge on any atom is 0.135 e. The molecule has 2 heterocycles. The van der Waals surface area contributed by atoms with Gasteiger partial charge in [0.25, 0.3) is 0 Å². The minimum absolute atomic E-state index is 0.0324. The molecule has 0 aliphatic carbocycles. The van der Waals surface area contributed by atoms with Crippen LogP contribution in [0.1, 0.15) is 25.6 Å². The number of hydrogen-bond donors (Lipinski definition) is 2. The molecule has 3 N–H and O–H groups in total. The fourth-order valence-corrected chi connectivity index (χ4v) is 4.08. The van der Waals surface area contributed by atoms with Crippen molar-refractivity contribution in [2.24, 2.45) is 0 Å². The Morgan fingerprint density at radius 2 is 2.37 bits per heavy atom. The van der Waals surface area contributed by atoms with Gasteiger partial charge >= 0.3 is 0 Å². The van der Waals surface area contributed by atoms with Gasteiger partial charge in [0.2, 0.25) is 0 Å². The molecule has 3 rings (SSSR count). The van der Waals surface area contributed by atoms with Crippen LogP contribution < -0.4 is 5.73 Å². The van der Waals surface area contributed by atoms with Crippen LogP contribution in [0.3, 0.4) is 0 Å². The average molecular weight is 277 g/mol. The van der Waals surface area contributed by atoms with Crippen molar-refractivity contribution in [2.75, 3.05) is 11.5 Å². The van der Waals surface area contributed by atoms with Crippen molar-refractivity contribution in [2.45, 2.75) is 37.7 Å². The molecule has 0 radical (unpaired) electrons. The van der Waals surface area contributed by atoms with E-state index >= 15 is 0 Å². The van der Waals surface area contributed by atoms with E-state index in [-0.39, 0.29) is 11.4 Å². The molecule has 1 saturated heterocycles. The Labute approximate surface area is 117 Å². The maximum atomic E-state index is 9.53. The molecule has 1 fully saturated rings. The quantitative estimate of drug-likeness (QED) is 0.846. The molecule has 0 spiro atoms. The summed E-state index contributed by atoms with van der Waals surface area (Å²) < 4.78 is 2.39. The first-order valence-electron chi connectivity index (χ1n) is 6.61. The highest BCUT2D eigenvalue weighted by Gasteiger charge is 2.31. The molecule has 0 saturated carbocycles. The van der Waals surface area contributed by atoms with E-state index in [1.165, 1.54) is 18.6 Å². The van der Waals surface area contributed by atoms with Gasteiger partial charge in [-0.05, 0) is 43.7 Å². The van der Waals surface area contributed by atoms with E-state index in [9.17, 15) is 5.11 Å². The number of nitrogens with two attached hydrogens (primary N) is 1. The number of aliphatic hydroxyl groups is 1. The van der Waals surface area contributed by atoms with E-state index in [1.54, 1.807) is 0 Å².